The number of benzene rings is 1. The van der Waals surface area contributed by atoms with Crippen LogP contribution >= 0.6 is 0 Å². The van der Waals surface area contributed by atoms with E-state index in [9.17, 15) is 13.2 Å². The van der Waals surface area contributed by atoms with Gasteiger partial charge in [0.2, 0.25) is 15.7 Å². The lowest BCUT2D eigenvalue weighted by atomic mass is 10.2. The Kier molecular flexibility index (Phi) is 4.37. The highest BCUT2D eigenvalue weighted by atomic mass is 32.2. The second-order valence-corrected chi connectivity index (χ2v) is 6.44. The standard InChI is InChI=1S/C13H16N4O3S/c1-3-12-15-13(17-16-12)21(19,20)8-10-5-4-6-11(7-10)14-9(2)18/h4-7H,3,8H2,1-2H3,(H,14,18)(H,15,16,17). The number of carbonyl (C=O) groups excluding carboxylic acids is 1. The van der Waals surface area contributed by atoms with Crippen molar-refractivity contribution in [1.29, 1.82) is 0 Å². The highest BCUT2D eigenvalue weighted by molar-refractivity contribution is 7.90. The molecule has 0 saturated heterocycles. The fourth-order valence-electron chi connectivity index (χ4n) is 1.80. The first-order valence-electron chi connectivity index (χ1n) is 6.41. The Labute approximate surface area is 122 Å². The van der Waals surface area contributed by atoms with Crippen LogP contribution in [0.1, 0.15) is 25.2 Å². The van der Waals surface area contributed by atoms with Crippen LogP contribution in [0.25, 0.3) is 0 Å². The van der Waals surface area contributed by atoms with E-state index in [0.29, 0.717) is 23.5 Å². The number of hydrogen-bond donors (Lipinski definition) is 2. The van der Waals surface area contributed by atoms with Crippen molar-refractivity contribution in [2.45, 2.75) is 31.2 Å². The van der Waals surface area contributed by atoms with Gasteiger partial charge in [0.15, 0.2) is 0 Å². The molecule has 8 heteroatoms. The van der Waals surface area contributed by atoms with Crippen LogP contribution in [0.2, 0.25) is 0 Å². The monoisotopic (exact) mass is 308 g/mol. The summed E-state index contributed by atoms with van der Waals surface area (Å²) >= 11 is 0. The molecule has 0 radical (unpaired) electrons. The van der Waals surface area contributed by atoms with Crippen LogP contribution in [0.5, 0.6) is 0 Å². The van der Waals surface area contributed by atoms with Crippen molar-refractivity contribution in [1.82, 2.24) is 15.2 Å². The molecular weight excluding hydrogens is 292 g/mol. The van der Waals surface area contributed by atoms with Gasteiger partial charge in [-0.3, -0.25) is 9.89 Å². The van der Waals surface area contributed by atoms with Gasteiger partial charge in [-0.2, -0.15) is 0 Å². The number of anilines is 1. The molecule has 1 aromatic carbocycles. The highest BCUT2D eigenvalue weighted by Gasteiger charge is 2.20. The van der Waals surface area contributed by atoms with E-state index >= 15 is 0 Å². The van der Waals surface area contributed by atoms with E-state index < -0.39 is 9.84 Å². The summed E-state index contributed by atoms with van der Waals surface area (Å²) in [5.41, 5.74) is 1.11. The molecule has 0 saturated carbocycles. The molecule has 0 unspecified atom stereocenters. The van der Waals surface area contributed by atoms with Gasteiger partial charge in [0.1, 0.15) is 5.82 Å². The molecule has 1 heterocycles. The third kappa shape index (κ3) is 3.88. The average Bonchev–Trinajstić information content (AvgIpc) is 2.87. The maximum absolute atomic E-state index is 12.2. The Morgan fingerprint density at radius 2 is 2.14 bits per heavy atom. The number of aromatic amines is 1. The zero-order valence-corrected chi connectivity index (χ0v) is 12.6. The number of amides is 1. The van der Waals surface area contributed by atoms with Gasteiger partial charge in [-0.15, -0.1) is 5.10 Å². The molecule has 0 fully saturated rings. The summed E-state index contributed by atoms with van der Waals surface area (Å²) in [4.78, 5) is 15.0. The van der Waals surface area contributed by atoms with E-state index in [2.05, 4.69) is 20.5 Å². The summed E-state index contributed by atoms with van der Waals surface area (Å²) in [5.74, 6) is 0.0960. The SMILES string of the molecule is CCc1nc(S(=O)(=O)Cc2cccc(NC(C)=O)c2)n[nH]1. The van der Waals surface area contributed by atoms with Gasteiger partial charge in [-0.1, -0.05) is 19.1 Å². The first-order valence-corrected chi connectivity index (χ1v) is 8.06. The number of H-pyrrole nitrogens is 1. The van der Waals surface area contributed by atoms with Crippen LogP contribution in [0.3, 0.4) is 0 Å². The van der Waals surface area contributed by atoms with Crippen LogP contribution in [0.4, 0.5) is 5.69 Å². The molecule has 7 nitrogen and oxygen atoms in total. The minimum atomic E-state index is -3.61. The molecule has 1 amide bonds. The van der Waals surface area contributed by atoms with Crippen LogP contribution in [0.15, 0.2) is 29.4 Å². The molecule has 0 aliphatic rings. The van der Waals surface area contributed by atoms with E-state index in [-0.39, 0.29) is 16.8 Å². The second-order valence-electron chi connectivity index (χ2n) is 4.56. The number of aryl methyl sites for hydroxylation is 1. The number of sulfone groups is 1. The fraction of sp³-hybridized carbons (Fsp3) is 0.308. The minimum Gasteiger partial charge on any atom is -0.326 e. The van der Waals surface area contributed by atoms with Gasteiger partial charge in [0.05, 0.1) is 5.75 Å². The van der Waals surface area contributed by atoms with E-state index in [1.165, 1.54) is 6.92 Å². The molecule has 0 aliphatic carbocycles. The van der Waals surface area contributed by atoms with E-state index in [4.69, 9.17) is 0 Å². The molecule has 2 rings (SSSR count). The summed E-state index contributed by atoms with van der Waals surface area (Å²) in [7, 11) is -3.61. The third-order valence-corrected chi connectivity index (χ3v) is 4.18. The summed E-state index contributed by atoms with van der Waals surface area (Å²) < 4.78 is 24.5. The molecule has 0 spiro atoms. The summed E-state index contributed by atoms with van der Waals surface area (Å²) in [6, 6.07) is 6.67. The van der Waals surface area contributed by atoms with E-state index in [0.717, 1.165) is 0 Å². The Morgan fingerprint density at radius 3 is 2.76 bits per heavy atom. The molecule has 0 atom stereocenters. The van der Waals surface area contributed by atoms with Crippen LogP contribution in [-0.2, 0) is 26.8 Å². The summed E-state index contributed by atoms with van der Waals surface area (Å²) in [6.07, 6.45) is 0.584. The van der Waals surface area contributed by atoms with Crippen molar-refractivity contribution in [3.63, 3.8) is 0 Å². The van der Waals surface area contributed by atoms with Gasteiger partial charge in [0, 0.05) is 19.0 Å². The first kappa shape index (κ1) is 15.2. The largest absolute Gasteiger partial charge is 0.326 e. The van der Waals surface area contributed by atoms with Crippen LogP contribution in [0, 0.1) is 0 Å². The molecule has 21 heavy (non-hydrogen) atoms. The van der Waals surface area contributed by atoms with Gasteiger partial charge < -0.3 is 5.32 Å². The predicted molar refractivity (Wildman–Crippen MR) is 77.4 cm³/mol. The van der Waals surface area contributed by atoms with Gasteiger partial charge in [0.25, 0.3) is 5.16 Å². The first-order chi connectivity index (χ1) is 9.90. The van der Waals surface area contributed by atoms with Crippen molar-refractivity contribution >= 4 is 21.4 Å². The number of rotatable bonds is 5. The third-order valence-electron chi connectivity index (χ3n) is 2.73. The maximum Gasteiger partial charge on any atom is 0.267 e. The summed E-state index contributed by atoms with van der Waals surface area (Å²) in [6.45, 7) is 3.25. The number of aromatic nitrogens is 3. The zero-order chi connectivity index (χ0) is 15.5. The Bertz CT molecular complexity index is 752. The second kappa shape index (κ2) is 6.04. The highest BCUT2D eigenvalue weighted by Crippen LogP contribution is 2.16. The number of hydrogen-bond acceptors (Lipinski definition) is 5. The van der Waals surface area contributed by atoms with Crippen molar-refractivity contribution in [2.75, 3.05) is 5.32 Å². The Hall–Kier alpha value is -2.22. The van der Waals surface area contributed by atoms with Crippen LogP contribution in [-0.4, -0.2) is 29.5 Å². The molecule has 0 aliphatic heterocycles. The van der Waals surface area contributed by atoms with Gasteiger partial charge >= 0.3 is 0 Å². The lowest BCUT2D eigenvalue weighted by Gasteiger charge is -2.05. The fourth-order valence-corrected chi connectivity index (χ4v) is 2.98. The topological polar surface area (TPSA) is 105 Å². The van der Waals surface area contributed by atoms with Crippen molar-refractivity contribution in [3.8, 4) is 0 Å². The molecule has 1 aromatic heterocycles. The van der Waals surface area contributed by atoms with Crippen molar-refractivity contribution in [2.24, 2.45) is 0 Å². The Balaban J connectivity index is 2.22. The molecule has 0 bridgehead atoms. The van der Waals surface area contributed by atoms with Gasteiger partial charge in [-0.05, 0) is 17.7 Å². The van der Waals surface area contributed by atoms with Crippen molar-refractivity contribution in [3.05, 3.63) is 35.7 Å². The number of nitrogens with zero attached hydrogens (tertiary/aromatic N) is 2. The molecule has 2 aromatic rings. The summed E-state index contributed by atoms with van der Waals surface area (Å²) in [5, 5.41) is 8.73. The zero-order valence-electron chi connectivity index (χ0n) is 11.8. The quantitative estimate of drug-likeness (QED) is 0.866. The maximum atomic E-state index is 12.2. The van der Waals surface area contributed by atoms with Crippen LogP contribution < -0.4 is 5.32 Å². The minimum absolute atomic E-state index is 0.204. The molecule has 112 valence electrons. The number of nitrogens with one attached hydrogen (secondary N) is 2. The lowest BCUT2D eigenvalue weighted by molar-refractivity contribution is -0.114. The van der Waals surface area contributed by atoms with E-state index in [1.54, 1.807) is 24.3 Å². The van der Waals surface area contributed by atoms with Crippen molar-refractivity contribution < 1.29 is 13.2 Å². The van der Waals surface area contributed by atoms with Gasteiger partial charge in [-0.25, -0.2) is 13.4 Å². The molecule has 2 N–H and O–H groups in total. The van der Waals surface area contributed by atoms with E-state index in [1.807, 2.05) is 6.92 Å². The molecular formula is C13H16N4O3S. The normalized spacial score (nSPS) is 11.3. The Morgan fingerprint density at radius 1 is 1.38 bits per heavy atom. The average molecular weight is 308 g/mol. The number of carbonyl (C=O) groups is 1. The predicted octanol–water partition coefficient (Wildman–Crippen LogP) is 1.30. The lowest BCUT2D eigenvalue weighted by Crippen LogP contribution is -2.09. The smallest absolute Gasteiger partial charge is 0.267 e.